The topological polar surface area (TPSA) is 110 Å². The van der Waals surface area contributed by atoms with Crippen LogP contribution < -0.4 is 0 Å². The lowest BCUT2D eigenvalue weighted by Crippen LogP contribution is -1.97. The molecule has 2 aromatic carbocycles. The Balaban J connectivity index is 2.01. The van der Waals surface area contributed by atoms with Crippen LogP contribution in [0.15, 0.2) is 51.1 Å². The standard InChI is InChI=1S/C16H10BrClN4O4/c1-21-12-5-3-9(17)7-10(12)14(16(21)24)19-20-15(23)8-2-4-11(18)13(6-8)22(25)26/h2-7,24H,1H3. The number of carbonyl (C=O) groups is 1. The number of nitrogens with zero attached hydrogens (tertiary/aromatic N) is 4. The number of azo groups is 1. The van der Waals surface area contributed by atoms with Crippen molar-refractivity contribution in [3.05, 3.63) is 61.6 Å². The van der Waals surface area contributed by atoms with Gasteiger partial charge in [-0.25, -0.2) is 0 Å². The number of nitro groups is 1. The first kappa shape index (κ1) is 18.0. The van der Waals surface area contributed by atoms with Crippen molar-refractivity contribution in [2.24, 2.45) is 17.3 Å². The van der Waals surface area contributed by atoms with Crippen LogP contribution in [0.4, 0.5) is 11.4 Å². The van der Waals surface area contributed by atoms with Crippen LogP contribution in [0.25, 0.3) is 10.9 Å². The number of halogens is 2. The summed E-state index contributed by atoms with van der Waals surface area (Å²) in [6, 6.07) is 8.92. The lowest BCUT2D eigenvalue weighted by atomic mass is 10.2. The van der Waals surface area contributed by atoms with E-state index in [0.29, 0.717) is 10.9 Å². The van der Waals surface area contributed by atoms with Crippen LogP contribution in [-0.2, 0) is 7.05 Å². The molecule has 0 unspecified atom stereocenters. The van der Waals surface area contributed by atoms with Crippen molar-refractivity contribution in [2.75, 3.05) is 0 Å². The van der Waals surface area contributed by atoms with Crippen molar-refractivity contribution >= 4 is 55.7 Å². The number of aromatic hydroxyl groups is 1. The molecular formula is C16H10BrClN4O4. The van der Waals surface area contributed by atoms with Gasteiger partial charge in [0, 0.05) is 23.0 Å². The van der Waals surface area contributed by atoms with E-state index in [0.717, 1.165) is 10.5 Å². The first-order valence-corrected chi connectivity index (χ1v) is 8.33. The highest BCUT2D eigenvalue weighted by Crippen LogP contribution is 2.39. The molecule has 8 nitrogen and oxygen atoms in total. The Labute approximate surface area is 160 Å². The number of aromatic nitrogens is 1. The average molecular weight is 438 g/mol. The normalized spacial score (nSPS) is 11.3. The van der Waals surface area contributed by atoms with Crippen molar-refractivity contribution in [2.45, 2.75) is 0 Å². The highest BCUT2D eigenvalue weighted by atomic mass is 79.9. The fourth-order valence-corrected chi connectivity index (χ4v) is 2.97. The maximum atomic E-state index is 12.2. The molecule has 10 heteroatoms. The molecule has 0 aliphatic rings. The molecule has 1 N–H and O–H groups in total. The van der Waals surface area contributed by atoms with Gasteiger partial charge in [0.25, 0.3) is 11.6 Å². The minimum Gasteiger partial charge on any atom is -0.493 e. The number of carbonyl (C=O) groups excluding carboxylic acids is 1. The SMILES string of the molecule is Cn1c(O)c(N=NC(=O)c2ccc(Cl)c([N+](=O)[O-])c2)c2cc(Br)ccc21. The second-order valence-corrected chi connectivity index (χ2v) is 6.64. The molecule has 0 bridgehead atoms. The van der Waals surface area contributed by atoms with Crippen molar-refractivity contribution < 1.29 is 14.8 Å². The average Bonchev–Trinajstić information content (AvgIpc) is 2.83. The van der Waals surface area contributed by atoms with Crippen molar-refractivity contribution in [3.63, 3.8) is 0 Å². The Morgan fingerprint density at radius 1 is 1.31 bits per heavy atom. The van der Waals surface area contributed by atoms with E-state index >= 15 is 0 Å². The largest absolute Gasteiger partial charge is 0.493 e. The second kappa shape index (κ2) is 6.85. The number of benzene rings is 2. The maximum absolute atomic E-state index is 12.2. The minimum atomic E-state index is -0.795. The fraction of sp³-hybridized carbons (Fsp3) is 0.0625. The van der Waals surface area contributed by atoms with Crippen LogP contribution in [0.5, 0.6) is 5.88 Å². The van der Waals surface area contributed by atoms with Crippen molar-refractivity contribution in [3.8, 4) is 5.88 Å². The zero-order valence-corrected chi connectivity index (χ0v) is 15.5. The third kappa shape index (κ3) is 3.18. The molecule has 0 radical (unpaired) electrons. The van der Waals surface area contributed by atoms with E-state index in [1.165, 1.54) is 16.7 Å². The third-order valence-electron chi connectivity index (χ3n) is 3.74. The number of nitro benzene ring substituents is 1. The molecule has 0 atom stereocenters. The summed E-state index contributed by atoms with van der Waals surface area (Å²) in [6.45, 7) is 0. The highest BCUT2D eigenvalue weighted by molar-refractivity contribution is 9.10. The number of amides is 1. The Morgan fingerprint density at radius 2 is 2.04 bits per heavy atom. The molecule has 0 saturated carbocycles. The first-order chi connectivity index (χ1) is 12.3. The number of hydrogen-bond acceptors (Lipinski definition) is 5. The molecule has 1 aromatic heterocycles. The van der Waals surface area contributed by atoms with Crippen molar-refractivity contribution in [1.29, 1.82) is 0 Å². The van der Waals surface area contributed by atoms with E-state index < -0.39 is 16.5 Å². The molecule has 0 saturated heterocycles. The van der Waals surface area contributed by atoms with Gasteiger partial charge < -0.3 is 9.67 Å². The summed E-state index contributed by atoms with van der Waals surface area (Å²) in [5, 5.41) is 29.1. The summed E-state index contributed by atoms with van der Waals surface area (Å²) >= 11 is 9.06. The second-order valence-electron chi connectivity index (χ2n) is 5.32. The molecule has 26 heavy (non-hydrogen) atoms. The van der Waals surface area contributed by atoms with Gasteiger partial charge in [-0.05, 0) is 30.3 Å². The third-order valence-corrected chi connectivity index (χ3v) is 4.55. The Hall–Kier alpha value is -2.78. The monoisotopic (exact) mass is 436 g/mol. The molecule has 0 fully saturated rings. The van der Waals surface area contributed by atoms with Gasteiger partial charge in [0.05, 0.1) is 16.0 Å². The van der Waals surface area contributed by atoms with Crippen LogP contribution >= 0.6 is 27.5 Å². The number of fused-ring (bicyclic) bond motifs is 1. The predicted molar refractivity (Wildman–Crippen MR) is 99.2 cm³/mol. The molecule has 3 aromatic rings. The van der Waals surface area contributed by atoms with E-state index in [1.807, 2.05) is 0 Å². The Kier molecular flexibility index (Phi) is 4.75. The summed E-state index contributed by atoms with van der Waals surface area (Å²) in [5.74, 6) is -0.951. The molecule has 132 valence electrons. The summed E-state index contributed by atoms with van der Waals surface area (Å²) in [7, 11) is 1.65. The quantitative estimate of drug-likeness (QED) is 0.348. The Bertz CT molecular complexity index is 1090. The Morgan fingerprint density at radius 3 is 2.73 bits per heavy atom. The van der Waals surface area contributed by atoms with E-state index in [9.17, 15) is 20.0 Å². The van der Waals surface area contributed by atoms with Gasteiger partial charge >= 0.3 is 0 Å². The summed E-state index contributed by atoms with van der Waals surface area (Å²) in [5.41, 5.74) is 0.394. The van der Waals surface area contributed by atoms with E-state index in [4.69, 9.17) is 11.6 Å². The molecule has 1 amide bonds. The van der Waals surface area contributed by atoms with E-state index in [-0.39, 0.29) is 22.2 Å². The smallest absolute Gasteiger partial charge is 0.295 e. The van der Waals surface area contributed by atoms with E-state index in [1.54, 1.807) is 25.2 Å². The van der Waals surface area contributed by atoms with Gasteiger partial charge in [0.1, 0.15) is 5.02 Å². The van der Waals surface area contributed by atoms with Gasteiger partial charge in [-0.3, -0.25) is 14.9 Å². The number of aryl methyl sites for hydroxylation is 1. The molecule has 0 aliphatic carbocycles. The van der Waals surface area contributed by atoms with Gasteiger partial charge in [-0.2, -0.15) is 0 Å². The van der Waals surface area contributed by atoms with Crippen LogP contribution in [-0.4, -0.2) is 20.5 Å². The molecule has 1 heterocycles. The van der Waals surface area contributed by atoms with E-state index in [2.05, 4.69) is 26.2 Å². The van der Waals surface area contributed by atoms with Gasteiger partial charge in [-0.1, -0.05) is 27.5 Å². The zero-order chi connectivity index (χ0) is 19.0. The predicted octanol–water partition coefficient (Wildman–Crippen LogP) is 5.13. The van der Waals surface area contributed by atoms with Gasteiger partial charge in [0.15, 0.2) is 5.69 Å². The van der Waals surface area contributed by atoms with Crippen molar-refractivity contribution in [1.82, 2.24) is 4.57 Å². The van der Waals surface area contributed by atoms with Gasteiger partial charge in [-0.15, -0.1) is 10.2 Å². The van der Waals surface area contributed by atoms with Gasteiger partial charge in [0.2, 0.25) is 5.88 Å². The van der Waals surface area contributed by atoms with Crippen LogP contribution in [0, 0.1) is 10.1 Å². The highest BCUT2D eigenvalue weighted by Gasteiger charge is 2.18. The van der Waals surface area contributed by atoms with Crippen LogP contribution in [0.2, 0.25) is 5.02 Å². The molecule has 3 rings (SSSR count). The fourth-order valence-electron chi connectivity index (χ4n) is 2.42. The summed E-state index contributed by atoms with van der Waals surface area (Å²) in [6.07, 6.45) is 0. The van der Waals surface area contributed by atoms with Crippen LogP contribution in [0.1, 0.15) is 10.4 Å². The molecule has 0 spiro atoms. The molecule has 0 aliphatic heterocycles. The lowest BCUT2D eigenvalue weighted by molar-refractivity contribution is -0.384. The summed E-state index contributed by atoms with van der Waals surface area (Å²) in [4.78, 5) is 22.4. The number of rotatable bonds is 3. The summed E-state index contributed by atoms with van der Waals surface area (Å²) < 4.78 is 2.28. The minimum absolute atomic E-state index is 0.0363. The zero-order valence-electron chi connectivity index (χ0n) is 13.2. The molecular weight excluding hydrogens is 428 g/mol. The maximum Gasteiger partial charge on any atom is 0.295 e. The van der Waals surface area contributed by atoms with Crippen LogP contribution in [0.3, 0.4) is 0 Å². The number of hydrogen-bond donors (Lipinski definition) is 1. The first-order valence-electron chi connectivity index (χ1n) is 7.16. The lowest BCUT2D eigenvalue weighted by Gasteiger charge is -1.98.